The molecule has 1 N–H and O–H groups in total. The van der Waals surface area contributed by atoms with Gasteiger partial charge >= 0.3 is 0 Å². The van der Waals surface area contributed by atoms with Crippen LogP contribution in [0.1, 0.15) is 31.4 Å². The van der Waals surface area contributed by atoms with Crippen LogP contribution in [0.5, 0.6) is 0 Å². The fraction of sp³-hybridized carbons (Fsp3) is 0.700. The van der Waals surface area contributed by atoms with E-state index in [2.05, 4.69) is 14.9 Å². The molecule has 0 amide bonds. The molecule has 0 aromatic carbocycles. The number of halogens is 1. The highest BCUT2D eigenvalue weighted by Crippen LogP contribution is 2.16. The van der Waals surface area contributed by atoms with Crippen molar-refractivity contribution in [2.45, 2.75) is 31.6 Å². The van der Waals surface area contributed by atoms with E-state index < -0.39 is 0 Å². The molecule has 2 heterocycles. The molecular weight excluding hydrogens is 198 g/mol. The van der Waals surface area contributed by atoms with Crippen LogP contribution < -0.4 is 4.90 Å². The van der Waals surface area contributed by atoms with Gasteiger partial charge in [0.25, 0.3) is 0 Å². The maximum Gasteiger partial charge on any atom is 0.202 e. The number of aromatic nitrogens is 2. The SMILES string of the molecule is ClCc1cnc(N2CCCCCC2)[nH]1. The standard InChI is InChI=1S/C10H16ClN3/c11-7-9-8-12-10(13-9)14-5-3-1-2-4-6-14/h8H,1-7H2,(H,12,13). The van der Waals surface area contributed by atoms with Gasteiger partial charge in [0, 0.05) is 13.1 Å². The third kappa shape index (κ3) is 2.21. The summed E-state index contributed by atoms with van der Waals surface area (Å²) in [5.74, 6) is 1.50. The van der Waals surface area contributed by atoms with E-state index in [-0.39, 0.29) is 0 Å². The first-order valence-corrected chi connectivity index (χ1v) is 5.78. The molecule has 0 atom stereocenters. The summed E-state index contributed by atoms with van der Waals surface area (Å²) in [6.45, 7) is 2.24. The Balaban J connectivity index is 2.04. The first-order chi connectivity index (χ1) is 6.90. The highest BCUT2D eigenvalue weighted by molar-refractivity contribution is 6.16. The predicted molar refractivity (Wildman–Crippen MR) is 58.8 cm³/mol. The van der Waals surface area contributed by atoms with Crippen molar-refractivity contribution in [1.82, 2.24) is 9.97 Å². The molecule has 0 spiro atoms. The van der Waals surface area contributed by atoms with Gasteiger partial charge in [0.15, 0.2) is 0 Å². The quantitative estimate of drug-likeness (QED) is 0.766. The lowest BCUT2D eigenvalue weighted by Gasteiger charge is -2.18. The molecule has 1 aliphatic heterocycles. The number of H-pyrrole nitrogens is 1. The van der Waals surface area contributed by atoms with Crippen LogP contribution in [0.15, 0.2) is 6.20 Å². The van der Waals surface area contributed by atoms with Crippen LogP contribution in [0.4, 0.5) is 5.95 Å². The van der Waals surface area contributed by atoms with E-state index in [1.807, 2.05) is 6.20 Å². The second-order valence-corrected chi connectivity index (χ2v) is 4.03. The molecule has 14 heavy (non-hydrogen) atoms. The van der Waals surface area contributed by atoms with E-state index in [1.165, 1.54) is 25.7 Å². The van der Waals surface area contributed by atoms with Crippen LogP contribution in [-0.4, -0.2) is 23.1 Å². The van der Waals surface area contributed by atoms with Crippen LogP contribution in [0.2, 0.25) is 0 Å². The van der Waals surface area contributed by atoms with E-state index in [4.69, 9.17) is 11.6 Å². The molecule has 78 valence electrons. The number of anilines is 1. The topological polar surface area (TPSA) is 31.9 Å². The van der Waals surface area contributed by atoms with Crippen molar-refractivity contribution in [3.8, 4) is 0 Å². The number of aromatic amines is 1. The zero-order chi connectivity index (χ0) is 9.80. The van der Waals surface area contributed by atoms with Crippen molar-refractivity contribution in [3.05, 3.63) is 11.9 Å². The summed E-state index contributed by atoms with van der Waals surface area (Å²) in [6.07, 6.45) is 7.07. The molecule has 2 rings (SSSR count). The number of rotatable bonds is 2. The number of hydrogen-bond acceptors (Lipinski definition) is 2. The number of nitrogens with zero attached hydrogens (tertiary/aromatic N) is 2. The van der Waals surface area contributed by atoms with Crippen LogP contribution in [-0.2, 0) is 5.88 Å². The Kier molecular flexibility index (Phi) is 3.30. The lowest BCUT2D eigenvalue weighted by atomic mass is 10.2. The number of nitrogens with one attached hydrogen (secondary N) is 1. The third-order valence-electron chi connectivity index (χ3n) is 2.66. The average Bonchev–Trinajstić information content (AvgIpc) is 2.53. The molecule has 4 heteroatoms. The number of hydrogen-bond donors (Lipinski definition) is 1. The minimum Gasteiger partial charge on any atom is -0.342 e. The van der Waals surface area contributed by atoms with Gasteiger partial charge in [0.1, 0.15) is 0 Å². The maximum atomic E-state index is 5.72. The Labute approximate surface area is 89.5 Å². The summed E-state index contributed by atoms with van der Waals surface area (Å²) in [6, 6.07) is 0. The highest BCUT2D eigenvalue weighted by Gasteiger charge is 2.12. The largest absolute Gasteiger partial charge is 0.342 e. The molecule has 0 bridgehead atoms. The minimum absolute atomic E-state index is 0.515. The Morgan fingerprint density at radius 1 is 1.29 bits per heavy atom. The molecule has 1 aromatic rings. The summed E-state index contributed by atoms with van der Waals surface area (Å²) in [5.41, 5.74) is 1.01. The molecule has 1 fully saturated rings. The van der Waals surface area contributed by atoms with Gasteiger partial charge in [-0.2, -0.15) is 0 Å². The summed E-state index contributed by atoms with van der Waals surface area (Å²) < 4.78 is 0. The van der Waals surface area contributed by atoms with Crippen molar-refractivity contribution >= 4 is 17.5 Å². The van der Waals surface area contributed by atoms with Gasteiger partial charge in [-0.05, 0) is 12.8 Å². The highest BCUT2D eigenvalue weighted by atomic mass is 35.5. The lowest BCUT2D eigenvalue weighted by Crippen LogP contribution is -2.24. The Morgan fingerprint density at radius 3 is 2.57 bits per heavy atom. The van der Waals surface area contributed by atoms with Gasteiger partial charge in [0.05, 0.1) is 17.8 Å². The molecule has 0 aliphatic carbocycles. The van der Waals surface area contributed by atoms with E-state index in [0.29, 0.717) is 5.88 Å². The van der Waals surface area contributed by atoms with Gasteiger partial charge in [-0.25, -0.2) is 4.98 Å². The van der Waals surface area contributed by atoms with Crippen molar-refractivity contribution in [2.24, 2.45) is 0 Å². The van der Waals surface area contributed by atoms with Crippen LogP contribution in [0.25, 0.3) is 0 Å². The predicted octanol–water partition coefficient (Wildman–Crippen LogP) is 2.53. The van der Waals surface area contributed by atoms with Crippen LogP contribution in [0.3, 0.4) is 0 Å². The summed E-state index contributed by atoms with van der Waals surface area (Å²) in [5, 5.41) is 0. The molecule has 3 nitrogen and oxygen atoms in total. The monoisotopic (exact) mass is 213 g/mol. The molecular formula is C10H16ClN3. The van der Waals surface area contributed by atoms with Gasteiger partial charge < -0.3 is 9.88 Å². The molecule has 0 saturated carbocycles. The zero-order valence-corrected chi connectivity index (χ0v) is 9.06. The van der Waals surface area contributed by atoms with Crippen LogP contribution >= 0.6 is 11.6 Å². The molecule has 1 aromatic heterocycles. The average molecular weight is 214 g/mol. The van der Waals surface area contributed by atoms with E-state index in [9.17, 15) is 0 Å². The zero-order valence-electron chi connectivity index (χ0n) is 8.30. The Morgan fingerprint density at radius 2 is 2.00 bits per heavy atom. The van der Waals surface area contributed by atoms with E-state index >= 15 is 0 Å². The summed E-state index contributed by atoms with van der Waals surface area (Å²) >= 11 is 5.72. The summed E-state index contributed by atoms with van der Waals surface area (Å²) in [4.78, 5) is 9.90. The molecule has 0 radical (unpaired) electrons. The van der Waals surface area contributed by atoms with E-state index in [1.54, 1.807) is 0 Å². The van der Waals surface area contributed by atoms with Crippen LogP contribution in [0, 0.1) is 0 Å². The minimum atomic E-state index is 0.515. The lowest BCUT2D eigenvalue weighted by molar-refractivity contribution is 0.726. The van der Waals surface area contributed by atoms with Gasteiger partial charge in [-0.15, -0.1) is 11.6 Å². The number of alkyl halides is 1. The van der Waals surface area contributed by atoms with Crippen molar-refractivity contribution in [3.63, 3.8) is 0 Å². The van der Waals surface area contributed by atoms with Gasteiger partial charge in [-0.1, -0.05) is 12.8 Å². The maximum absolute atomic E-state index is 5.72. The number of imidazole rings is 1. The molecule has 1 saturated heterocycles. The summed E-state index contributed by atoms with van der Waals surface area (Å²) in [7, 11) is 0. The first kappa shape index (κ1) is 9.84. The normalized spacial score (nSPS) is 18.2. The molecule has 0 unspecified atom stereocenters. The first-order valence-electron chi connectivity index (χ1n) is 5.25. The van der Waals surface area contributed by atoms with Crippen molar-refractivity contribution < 1.29 is 0 Å². The smallest absolute Gasteiger partial charge is 0.202 e. The third-order valence-corrected chi connectivity index (χ3v) is 2.95. The second-order valence-electron chi connectivity index (χ2n) is 3.77. The van der Waals surface area contributed by atoms with Crippen molar-refractivity contribution in [2.75, 3.05) is 18.0 Å². The van der Waals surface area contributed by atoms with E-state index in [0.717, 1.165) is 24.7 Å². The van der Waals surface area contributed by atoms with Crippen molar-refractivity contribution in [1.29, 1.82) is 0 Å². The molecule has 1 aliphatic rings. The van der Waals surface area contributed by atoms with Gasteiger partial charge in [-0.3, -0.25) is 0 Å². The second kappa shape index (κ2) is 4.69. The Hall–Kier alpha value is -0.700. The fourth-order valence-electron chi connectivity index (χ4n) is 1.86. The Bertz CT molecular complexity index is 277. The van der Waals surface area contributed by atoms with Gasteiger partial charge in [0.2, 0.25) is 5.95 Å². The fourth-order valence-corrected chi connectivity index (χ4v) is 1.99.